The molecule has 4 rings (SSSR count). The van der Waals surface area contributed by atoms with Crippen LogP contribution in [0.4, 0.5) is 5.69 Å². The number of imidazole rings is 2. The Labute approximate surface area is 160 Å². The average Bonchev–Trinajstić information content (AvgIpc) is 3.38. The van der Waals surface area contributed by atoms with E-state index in [1.165, 1.54) is 12.4 Å². The fourth-order valence-corrected chi connectivity index (χ4v) is 3.46. The Morgan fingerprint density at radius 3 is 2.86 bits per heavy atom. The van der Waals surface area contributed by atoms with Gasteiger partial charge in [0.1, 0.15) is 17.6 Å². The molecule has 1 aliphatic rings. The monoisotopic (exact) mass is 381 g/mol. The van der Waals surface area contributed by atoms with Crippen LogP contribution in [-0.4, -0.2) is 54.5 Å². The van der Waals surface area contributed by atoms with Crippen molar-refractivity contribution in [2.75, 3.05) is 19.6 Å². The summed E-state index contributed by atoms with van der Waals surface area (Å²) in [6.07, 6.45) is 8.17. The molecule has 0 spiro atoms. The molecule has 1 saturated heterocycles. The van der Waals surface area contributed by atoms with Crippen LogP contribution in [-0.2, 0) is 7.05 Å². The van der Waals surface area contributed by atoms with Crippen LogP contribution in [0, 0.1) is 10.1 Å². The van der Waals surface area contributed by atoms with Gasteiger partial charge in [0.05, 0.1) is 11.3 Å². The fraction of sp³-hybridized carbons (Fsp3) is 0.278. The third-order valence-electron chi connectivity index (χ3n) is 4.86. The maximum atomic E-state index is 13.2. The van der Waals surface area contributed by atoms with E-state index in [1.807, 2.05) is 17.8 Å². The van der Waals surface area contributed by atoms with E-state index in [4.69, 9.17) is 0 Å². The van der Waals surface area contributed by atoms with E-state index < -0.39 is 4.92 Å². The highest BCUT2D eigenvalue weighted by atomic mass is 16.6. The van der Waals surface area contributed by atoms with Crippen molar-refractivity contribution in [3.05, 3.63) is 70.8 Å². The number of carbonyl (C=O) groups excluding carboxylic acids is 1. The molecule has 1 amide bonds. The quantitative estimate of drug-likeness (QED) is 0.539. The van der Waals surface area contributed by atoms with E-state index >= 15 is 0 Å². The van der Waals surface area contributed by atoms with E-state index in [-0.39, 0.29) is 23.2 Å². The smallest absolute Gasteiger partial charge is 0.294 e. The predicted octanol–water partition coefficient (Wildman–Crippen LogP) is 1.30. The van der Waals surface area contributed by atoms with Crippen molar-refractivity contribution >= 4 is 11.6 Å². The molecule has 1 N–H and O–H groups in total. The minimum Gasteiger partial charge on any atom is -0.336 e. The standard InChI is InChI=1S/C18H19N7O3/c1-22-7-6-21-17(22)16-11-19-5-9-24(16)18(26)13-2-3-14(15(10-13)25(27)28)23-8-4-20-12-23/h2-4,6-8,10,12,16,19H,5,9,11H2,1H3. The Morgan fingerprint density at radius 2 is 2.18 bits per heavy atom. The van der Waals surface area contributed by atoms with Crippen LogP contribution in [0.5, 0.6) is 0 Å². The van der Waals surface area contributed by atoms with E-state index in [0.29, 0.717) is 25.3 Å². The number of nitro groups is 1. The molecule has 0 aliphatic carbocycles. The lowest BCUT2D eigenvalue weighted by atomic mass is 10.1. The SMILES string of the molecule is Cn1ccnc1C1CNCCN1C(=O)c1ccc(-n2ccnc2)c([N+](=O)[O-])c1. The van der Waals surface area contributed by atoms with Crippen LogP contribution in [0.1, 0.15) is 22.2 Å². The largest absolute Gasteiger partial charge is 0.336 e. The van der Waals surface area contributed by atoms with Gasteiger partial charge in [0, 0.05) is 63.1 Å². The van der Waals surface area contributed by atoms with Gasteiger partial charge >= 0.3 is 0 Å². The molecule has 1 unspecified atom stereocenters. The number of nitro benzene ring substituents is 1. The third-order valence-corrected chi connectivity index (χ3v) is 4.86. The van der Waals surface area contributed by atoms with Crippen LogP contribution < -0.4 is 5.32 Å². The number of carbonyl (C=O) groups is 1. The molecule has 10 nitrogen and oxygen atoms in total. The highest BCUT2D eigenvalue weighted by Crippen LogP contribution is 2.27. The number of amides is 1. The van der Waals surface area contributed by atoms with Gasteiger partial charge in [0.25, 0.3) is 11.6 Å². The summed E-state index contributed by atoms with van der Waals surface area (Å²) in [4.78, 5) is 34.3. The van der Waals surface area contributed by atoms with E-state index in [2.05, 4.69) is 15.3 Å². The van der Waals surface area contributed by atoms with Crippen molar-refractivity contribution in [3.63, 3.8) is 0 Å². The van der Waals surface area contributed by atoms with E-state index in [9.17, 15) is 14.9 Å². The summed E-state index contributed by atoms with van der Waals surface area (Å²) in [5, 5.41) is 14.9. The summed E-state index contributed by atoms with van der Waals surface area (Å²) in [6.45, 7) is 1.72. The molecular weight excluding hydrogens is 362 g/mol. The van der Waals surface area contributed by atoms with Gasteiger partial charge in [-0.2, -0.15) is 0 Å². The molecule has 3 heterocycles. The lowest BCUT2D eigenvalue weighted by Gasteiger charge is -2.35. The Kier molecular flexibility index (Phi) is 4.62. The summed E-state index contributed by atoms with van der Waals surface area (Å²) in [6, 6.07) is 4.27. The molecule has 28 heavy (non-hydrogen) atoms. The minimum atomic E-state index is -0.486. The van der Waals surface area contributed by atoms with Crippen molar-refractivity contribution in [2.24, 2.45) is 7.05 Å². The second-order valence-corrected chi connectivity index (χ2v) is 6.55. The number of nitrogens with one attached hydrogen (secondary N) is 1. The Hall–Kier alpha value is -3.53. The number of aromatic nitrogens is 4. The topological polar surface area (TPSA) is 111 Å². The first-order valence-electron chi connectivity index (χ1n) is 8.82. The fourth-order valence-electron chi connectivity index (χ4n) is 3.46. The van der Waals surface area contributed by atoms with Crippen LogP contribution >= 0.6 is 0 Å². The number of benzene rings is 1. The number of piperazine rings is 1. The Balaban J connectivity index is 1.70. The number of hydrogen-bond acceptors (Lipinski definition) is 6. The molecule has 1 atom stereocenters. The van der Waals surface area contributed by atoms with Gasteiger partial charge in [-0.3, -0.25) is 14.9 Å². The van der Waals surface area contributed by atoms with Crippen LogP contribution in [0.3, 0.4) is 0 Å². The van der Waals surface area contributed by atoms with Crippen molar-refractivity contribution < 1.29 is 9.72 Å². The van der Waals surface area contributed by atoms with Gasteiger partial charge in [-0.05, 0) is 12.1 Å². The zero-order chi connectivity index (χ0) is 19.7. The Morgan fingerprint density at radius 1 is 1.32 bits per heavy atom. The highest BCUT2D eigenvalue weighted by Gasteiger charge is 2.32. The maximum absolute atomic E-state index is 13.2. The molecule has 10 heteroatoms. The van der Waals surface area contributed by atoms with Crippen LogP contribution in [0.25, 0.3) is 5.69 Å². The van der Waals surface area contributed by atoms with Crippen molar-refractivity contribution in [2.45, 2.75) is 6.04 Å². The van der Waals surface area contributed by atoms with Gasteiger partial charge in [0.2, 0.25) is 0 Å². The van der Waals surface area contributed by atoms with Gasteiger partial charge < -0.3 is 19.4 Å². The predicted molar refractivity (Wildman–Crippen MR) is 100 cm³/mol. The molecule has 3 aromatic rings. The second-order valence-electron chi connectivity index (χ2n) is 6.55. The molecule has 0 bridgehead atoms. The zero-order valence-electron chi connectivity index (χ0n) is 15.2. The highest BCUT2D eigenvalue weighted by molar-refractivity contribution is 5.95. The summed E-state index contributed by atoms with van der Waals surface area (Å²) in [7, 11) is 1.88. The van der Waals surface area contributed by atoms with Crippen LogP contribution in [0.15, 0.2) is 49.3 Å². The third kappa shape index (κ3) is 3.14. The first-order chi connectivity index (χ1) is 13.6. The zero-order valence-corrected chi connectivity index (χ0v) is 15.2. The van der Waals surface area contributed by atoms with Gasteiger partial charge in [0.15, 0.2) is 0 Å². The first-order valence-corrected chi connectivity index (χ1v) is 8.82. The minimum absolute atomic E-state index is 0.146. The lowest BCUT2D eigenvalue weighted by Crippen LogP contribution is -2.49. The summed E-state index contributed by atoms with van der Waals surface area (Å²) < 4.78 is 3.43. The number of rotatable bonds is 4. The van der Waals surface area contributed by atoms with Crippen molar-refractivity contribution in [3.8, 4) is 5.69 Å². The first kappa shape index (κ1) is 17.9. The molecule has 2 aromatic heterocycles. The molecule has 1 aromatic carbocycles. The van der Waals surface area contributed by atoms with Crippen molar-refractivity contribution in [1.82, 2.24) is 29.3 Å². The maximum Gasteiger partial charge on any atom is 0.294 e. The molecule has 1 aliphatic heterocycles. The van der Waals surface area contributed by atoms with E-state index in [1.54, 1.807) is 40.2 Å². The van der Waals surface area contributed by atoms with Gasteiger partial charge in [-0.15, -0.1) is 0 Å². The molecule has 0 radical (unpaired) electrons. The lowest BCUT2D eigenvalue weighted by molar-refractivity contribution is -0.384. The van der Waals surface area contributed by atoms with Crippen molar-refractivity contribution in [1.29, 1.82) is 0 Å². The average molecular weight is 381 g/mol. The molecule has 1 fully saturated rings. The molecule has 144 valence electrons. The normalized spacial score (nSPS) is 16.9. The van der Waals surface area contributed by atoms with E-state index in [0.717, 1.165) is 5.82 Å². The number of hydrogen-bond donors (Lipinski definition) is 1. The number of nitrogens with zero attached hydrogens (tertiary/aromatic N) is 6. The molecular formula is C18H19N7O3. The number of aryl methyl sites for hydroxylation is 1. The van der Waals surface area contributed by atoms with Crippen LogP contribution in [0.2, 0.25) is 0 Å². The van der Waals surface area contributed by atoms with Gasteiger partial charge in [-0.1, -0.05) is 0 Å². The Bertz CT molecular complexity index is 1010. The molecule has 0 saturated carbocycles. The second kappa shape index (κ2) is 7.24. The summed E-state index contributed by atoms with van der Waals surface area (Å²) in [5.74, 6) is 0.514. The van der Waals surface area contributed by atoms with Gasteiger partial charge in [-0.25, -0.2) is 9.97 Å². The summed E-state index contributed by atoms with van der Waals surface area (Å²) in [5.41, 5.74) is 0.490. The summed E-state index contributed by atoms with van der Waals surface area (Å²) >= 11 is 0.